The highest BCUT2D eigenvalue weighted by Crippen LogP contribution is 2.17. The number of nitrogens with zero attached hydrogens (tertiary/aromatic N) is 4. The van der Waals surface area contributed by atoms with Gasteiger partial charge in [-0.05, 0) is 12.1 Å². The highest BCUT2D eigenvalue weighted by Gasteiger charge is 2.07. The number of hydrogen-bond acceptors (Lipinski definition) is 3. The van der Waals surface area contributed by atoms with Crippen LogP contribution in [0, 0.1) is 0 Å². The van der Waals surface area contributed by atoms with Crippen LogP contribution in [0.5, 0.6) is 0 Å². The van der Waals surface area contributed by atoms with Crippen molar-refractivity contribution in [2.45, 2.75) is 13.3 Å². The molecular formula is C11H10N4. The average Bonchev–Trinajstić information content (AvgIpc) is 2.77. The third-order valence-electron chi connectivity index (χ3n) is 2.50. The Morgan fingerprint density at radius 1 is 1.27 bits per heavy atom. The summed E-state index contributed by atoms with van der Waals surface area (Å²) < 4.78 is 1.81. The van der Waals surface area contributed by atoms with Crippen LogP contribution in [0.15, 0.2) is 30.6 Å². The maximum absolute atomic E-state index is 4.55. The van der Waals surface area contributed by atoms with Gasteiger partial charge in [-0.25, -0.2) is 9.97 Å². The van der Waals surface area contributed by atoms with E-state index in [2.05, 4.69) is 22.0 Å². The fraction of sp³-hybridized carbons (Fsp3) is 0.182. The zero-order chi connectivity index (χ0) is 10.3. The number of aryl methyl sites for hydroxylation is 1. The first-order valence-electron chi connectivity index (χ1n) is 4.97. The Bertz CT molecular complexity index is 627. The lowest BCUT2D eigenvalue weighted by Crippen LogP contribution is -2.01. The third kappa shape index (κ3) is 1.11. The van der Waals surface area contributed by atoms with Gasteiger partial charge in [-0.1, -0.05) is 19.1 Å². The molecule has 0 fully saturated rings. The number of fused-ring (bicyclic) bond motifs is 3. The molecule has 4 nitrogen and oxygen atoms in total. The monoisotopic (exact) mass is 198 g/mol. The van der Waals surface area contributed by atoms with Gasteiger partial charge >= 0.3 is 0 Å². The lowest BCUT2D eigenvalue weighted by Gasteiger charge is -2.03. The van der Waals surface area contributed by atoms with E-state index in [1.807, 2.05) is 28.8 Å². The fourth-order valence-corrected chi connectivity index (χ4v) is 1.79. The van der Waals surface area contributed by atoms with Crippen molar-refractivity contribution in [3.8, 4) is 0 Å². The number of hydrogen-bond donors (Lipinski definition) is 0. The summed E-state index contributed by atoms with van der Waals surface area (Å²) in [5.74, 6) is 0.946. The van der Waals surface area contributed by atoms with E-state index in [1.165, 1.54) is 0 Å². The van der Waals surface area contributed by atoms with Gasteiger partial charge in [0.1, 0.15) is 12.2 Å². The van der Waals surface area contributed by atoms with Crippen LogP contribution in [-0.4, -0.2) is 19.6 Å². The predicted molar refractivity (Wildman–Crippen MR) is 57.7 cm³/mol. The lowest BCUT2D eigenvalue weighted by molar-refractivity contribution is 0.823. The minimum atomic E-state index is 0.852. The first-order chi connectivity index (χ1) is 7.40. The van der Waals surface area contributed by atoms with Gasteiger partial charge in [-0.15, -0.1) is 0 Å². The molecule has 2 aromatic heterocycles. The van der Waals surface area contributed by atoms with Crippen molar-refractivity contribution >= 4 is 16.6 Å². The van der Waals surface area contributed by atoms with Crippen molar-refractivity contribution in [1.29, 1.82) is 0 Å². The van der Waals surface area contributed by atoms with Gasteiger partial charge in [0.15, 0.2) is 5.65 Å². The molecule has 0 spiro atoms. The average molecular weight is 198 g/mol. The van der Waals surface area contributed by atoms with E-state index in [0.29, 0.717) is 0 Å². The maximum Gasteiger partial charge on any atom is 0.166 e. The Hall–Kier alpha value is -1.97. The van der Waals surface area contributed by atoms with Crippen LogP contribution in [0.3, 0.4) is 0 Å². The molecule has 0 bridgehead atoms. The van der Waals surface area contributed by atoms with E-state index in [4.69, 9.17) is 0 Å². The van der Waals surface area contributed by atoms with Crippen molar-refractivity contribution in [2.24, 2.45) is 0 Å². The number of benzene rings is 1. The molecule has 0 saturated carbocycles. The van der Waals surface area contributed by atoms with E-state index in [0.717, 1.165) is 28.8 Å². The molecular weight excluding hydrogens is 188 g/mol. The molecule has 0 aliphatic heterocycles. The van der Waals surface area contributed by atoms with E-state index in [1.54, 1.807) is 6.33 Å². The van der Waals surface area contributed by atoms with Gasteiger partial charge < -0.3 is 0 Å². The molecule has 4 heteroatoms. The van der Waals surface area contributed by atoms with Gasteiger partial charge in [0, 0.05) is 11.8 Å². The number of aromatic nitrogens is 4. The molecule has 0 unspecified atom stereocenters. The minimum Gasteiger partial charge on any atom is -0.233 e. The standard InChI is InChI=1S/C11H10N4/c1-2-10-14-9-6-4-3-5-8(9)11-12-7-13-15(10)11/h3-7H,2H2,1H3. The van der Waals surface area contributed by atoms with Crippen LogP contribution in [0.25, 0.3) is 16.6 Å². The molecule has 0 N–H and O–H groups in total. The van der Waals surface area contributed by atoms with Crippen LogP contribution in [0.1, 0.15) is 12.7 Å². The van der Waals surface area contributed by atoms with E-state index in [9.17, 15) is 0 Å². The van der Waals surface area contributed by atoms with Crippen LogP contribution in [-0.2, 0) is 6.42 Å². The van der Waals surface area contributed by atoms with Crippen LogP contribution >= 0.6 is 0 Å². The second-order valence-electron chi connectivity index (χ2n) is 3.39. The molecule has 0 amide bonds. The molecule has 15 heavy (non-hydrogen) atoms. The third-order valence-corrected chi connectivity index (χ3v) is 2.50. The SMILES string of the molecule is CCc1nc2ccccc2c2ncnn12. The summed E-state index contributed by atoms with van der Waals surface area (Å²) in [4.78, 5) is 8.82. The summed E-state index contributed by atoms with van der Waals surface area (Å²) in [6.07, 6.45) is 2.42. The first kappa shape index (κ1) is 8.35. The van der Waals surface area contributed by atoms with E-state index in [-0.39, 0.29) is 0 Å². The molecule has 0 atom stereocenters. The Morgan fingerprint density at radius 2 is 2.13 bits per heavy atom. The van der Waals surface area contributed by atoms with Crippen molar-refractivity contribution in [2.75, 3.05) is 0 Å². The Balaban J connectivity index is 2.57. The van der Waals surface area contributed by atoms with Gasteiger partial charge in [0.05, 0.1) is 5.52 Å². The number of rotatable bonds is 1. The number of para-hydroxylation sites is 1. The van der Waals surface area contributed by atoms with Crippen molar-refractivity contribution < 1.29 is 0 Å². The van der Waals surface area contributed by atoms with Gasteiger partial charge in [-0.2, -0.15) is 9.61 Å². The fourth-order valence-electron chi connectivity index (χ4n) is 1.79. The van der Waals surface area contributed by atoms with Crippen LogP contribution < -0.4 is 0 Å². The van der Waals surface area contributed by atoms with Crippen molar-refractivity contribution in [1.82, 2.24) is 19.6 Å². The van der Waals surface area contributed by atoms with Gasteiger partial charge in [-0.3, -0.25) is 0 Å². The minimum absolute atomic E-state index is 0.852. The molecule has 0 radical (unpaired) electrons. The Morgan fingerprint density at radius 3 is 3.00 bits per heavy atom. The summed E-state index contributed by atoms with van der Waals surface area (Å²) in [7, 11) is 0. The van der Waals surface area contributed by atoms with Crippen molar-refractivity contribution in [3.05, 3.63) is 36.4 Å². The maximum atomic E-state index is 4.55. The highest BCUT2D eigenvalue weighted by molar-refractivity contribution is 5.90. The van der Waals surface area contributed by atoms with E-state index >= 15 is 0 Å². The largest absolute Gasteiger partial charge is 0.233 e. The van der Waals surface area contributed by atoms with Gasteiger partial charge in [0.25, 0.3) is 0 Å². The molecule has 74 valence electrons. The lowest BCUT2D eigenvalue weighted by atomic mass is 10.2. The normalized spacial score (nSPS) is 11.3. The summed E-state index contributed by atoms with van der Waals surface area (Å²) in [5.41, 5.74) is 1.87. The first-order valence-corrected chi connectivity index (χ1v) is 4.97. The quantitative estimate of drug-likeness (QED) is 0.599. The highest BCUT2D eigenvalue weighted by atomic mass is 15.3. The van der Waals surface area contributed by atoms with Gasteiger partial charge in [0.2, 0.25) is 0 Å². The summed E-state index contributed by atoms with van der Waals surface area (Å²) in [6, 6.07) is 8.00. The second kappa shape index (κ2) is 3.02. The topological polar surface area (TPSA) is 43.1 Å². The predicted octanol–water partition coefficient (Wildman–Crippen LogP) is 1.84. The Kier molecular flexibility index (Phi) is 1.68. The van der Waals surface area contributed by atoms with Crippen molar-refractivity contribution in [3.63, 3.8) is 0 Å². The second-order valence-corrected chi connectivity index (χ2v) is 3.39. The van der Waals surface area contributed by atoms with E-state index < -0.39 is 0 Å². The molecule has 0 aliphatic rings. The summed E-state index contributed by atoms with van der Waals surface area (Å²) in [6.45, 7) is 2.07. The summed E-state index contributed by atoms with van der Waals surface area (Å²) in [5, 5.41) is 5.23. The zero-order valence-electron chi connectivity index (χ0n) is 8.38. The Labute approximate surface area is 86.6 Å². The summed E-state index contributed by atoms with van der Waals surface area (Å²) >= 11 is 0. The molecule has 3 aromatic rings. The molecule has 1 aromatic carbocycles. The molecule has 0 saturated heterocycles. The van der Waals surface area contributed by atoms with Crippen LogP contribution in [0.4, 0.5) is 0 Å². The molecule has 0 aliphatic carbocycles. The van der Waals surface area contributed by atoms with Crippen LogP contribution in [0.2, 0.25) is 0 Å². The molecule has 2 heterocycles. The zero-order valence-corrected chi connectivity index (χ0v) is 8.38. The smallest absolute Gasteiger partial charge is 0.166 e. The molecule has 3 rings (SSSR count).